The number of fused-ring (bicyclic) bond motifs is 1. The third-order valence-electron chi connectivity index (χ3n) is 4.99. The van der Waals surface area contributed by atoms with E-state index in [1.165, 1.54) is 36.6 Å². The van der Waals surface area contributed by atoms with E-state index in [0.29, 0.717) is 16.5 Å². The summed E-state index contributed by atoms with van der Waals surface area (Å²) in [5.74, 6) is 0.359. The molecule has 5 atom stereocenters. The summed E-state index contributed by atoms with van der Waals surface area (Å²) in [5, 5.41) is 39.5. The molecule has 0 saturated carbocycles. The van der Waals surface area contributed by atoms with Crippen molar-refractivity contribution < 1.29 is 34.3 Å². The van der Waals surface area contributed by atoms with Gasteiger partial charge < -0.3 is 34.3 Å². The zero-order valence-corrected chi connectivity index (χ0v) is 15.4. The van der Waals surface area contributed by atoms with E-state index in [2.05, 4.69) is 0 Å². The Labute approximate surface area is 165 Å². The summed E-state index contributed by atoms with van der Waals surface area (Å²) < 4.78 is 16.6. The summed E-state index contributed by atoms with van der Waals surface area (Å²) in [6, 6.07) is 10.7. The van der Waals surface area contributed by atoms with E-state index >= 15 is 0 Å². The fourth-order valence-electron chi connectivity index (χ4n) is 3.27. The second-order valence-electron chi connectivity index (χ2n) is 6.98. The fraction of sp³-hybridized carbons (Fsp3) is 0.286. The Morgan fingerprint density at radius 3 is 2.41 bits per heavy atom. The van der Waals surface area contributed by atoms with Crippen LogP contribution in [0.3, 0.4) is 0 Å². The predicted octanol–water partition coefficient (Wildman–Crippen LogP) is 1.37. The van der Waals surface area contributed by atoms with Gasteiger partial charge in [0.15, 0.2) is 5.43 Å². The van der Waals surface area contributed by atoms with Crippen molar-refractivity contribution in [1.82, 2.24) is 0 Å². The lowest BCUT2D eigenvalue weighted by molar-refractivity contribution is -0.268. The lowest BCUT2D eigenvalue weighted by atomic mass is 10.00. The molecule has 1 saturated heterocycles. The number of benzene rings is 2. The van der Waals surface area contributed by atoms with E-state index < -0.39 is 30.7 Å². The van der Waals surface area contributed by atoms with Gasteiger partial charge in [-0.15, -0.1) is 0 Å². The van der Waals surface area contributed by atoms with Gasteiger partial charge in [0.05, 0.1) is 17.1 Å². The highest BCUT2D eigenvalue weighted by Gasteiger charge is 2.43. The van der Waals surface area contributed by atoms with E-state index in [0.717, 1.165) is 0 Å². The molecule has 1 aromatic heterocycles. The quantitative estimate of drug-likeness (QED) is 0.519. The Morgan fingerprint density at radius 1 is 0.966 bits per heavy atom. The number of ether oxygens (including phenoxy) is 2. The second kappa shape index (κ2) is 7.49. The molecule has 8 heteroatoms. The normalized spacial score (nSPS) is 27.1. The van der Waals surface area contributed by atoms with Gasteiger partial charge in [-0.3, -0.25) is 4.79 Å². The average Bonchev–Trinajstić information content (AvgIpc) is 2.71. The number of phenols is 1. The Hall–Kier alpha value is -2.91. The van der Waals surface area contributed by atoms with Gasteiger partial charge in [-0.25, -0.2) is 0 Å². The molecule has 1 aliphatic rings. The van der Waals surface area contributed by atoms with Gasteiger partial charge in [-0.2, -0.15) is 0 Å². The van der Waals surface area contributed by atoms with Crippen LogP contribution in [0, 0.1) is 0 Å². The maximum Gasteiger partial charge on any atom is 0.229 e. The highest BCUT2D eigenvalue weighted by Crippen LogP contribution is 2.27. The molecule has 0 aliphatic carbocycles. The van der Waals surface area contributed by atoms with Gasteiger partial charge in [0.25, 0.3) is 0 Å². The summed E-state index contributed by atoms with van der Waals surface area (Å²) in [4.78, 5) is 12.8. The summed E-state index contributed by atoms with van der Waals surface area (Å²) in [7, 11) is 0. The highest BCUT2D eigenvalue weighted by atomic mass is 16.7. The zero-order chi connectivity index (χ0) is 20.7. The van der Waals surface area contributed by atoms with Crippen molar-refractivity contribution in [2.24, 2.45) is 0 Å². The summed E-state index contributed by atoms with van der Waals surface area (Å²) >= 11 is 0. The van der Waals surface area contributed by atoms with Crippen molar-refractivity contribution >= 4 is 11.0 Å². The molecule has 0 spiro atoms. The fourth-order valence-corrected chi connectivity index (χ4v) is 3.27. The first kappa shape index (κ1) is 19.4. The number of hydrogen-bond donors (Lipinski definition) is 4. The van der Waals surface area contributed by atoms with Crippen LogP contribution in [0.1, 0.15) is 6.92 Å². The largest absolute Gasteiger partial charge is 0.508 e. The standard InChI is InChI=1S/C21H20O8/c1-10-17(23)19(25)20(26)21(28-10)29-13-6-7-14-16(8-13)27-9-15(18(14)24)11-2-4-12(22)5-3-11/h2-10,17,19-23,25-26H,1H3. The van der Waals surface area contributed by atoms with Crippen LogP contribution in [0.15, 0.2) is 57.9 Å². The Bertz CT molecular complexity index is 1070. The molecule has 0 radical (unpaired) electrons. The summed E-state index contributed by atoms with van der Waals surface area (Å²) in [6.45, 7) is 1.56. The van der Waals surface area contributed by atoms with Crippen LogP contribution in [0.4, 0.5) is 0 Å². The number of rotatable bonds is 3. The first-order chi connectivity index (χ1) is 13.8. The summed E-state index contributed by atoms with van der Waals surface area (Å²) in [6.07, 6.45) is -4.67. The molecule has 1 fully saturated rings. The van der Waals surface area contributed by atoms with Crippen molar-refractivity contribution in [2.75, 3.05) is 0 Å². The molecular formula is C21H20O8. The van der Waals surface area contributed by atoms with Crippen molar-refractivity contribution in [3.8, 4) is 22.6 Å². The molecule has 5 unspecified atom stereocenters. The smallest absolute Gasteiger partial charge is 0.229 e. The molecule has 4 rings (SSSR count). The van der Waals surface area contributed by atoms with Crippen LogP contribution < -0.4 is 10.2 Å². The lowest BCUT2D eigenvalue weighted by Gasteiger charge is -2.38. The third kappa shape index (κ3) is 3.58. The monoisotopic (exact) mass is 400 g/mol. The minimum absolute atomic E-state index is 0.0970. The van der Waals surface area contributed by atoms with Crippen LogP contribution in [0.5, 0.6) is 11.5 Å². The number of phenolic OH excluding ortho intramolecular Hbond substituents is 1. The van der Waals surface area contributed by atoms with Gasteiger partial charge in [0.1, 0.15) is 41.7 Å². The lowest BCUT2D eigenvalue weighted by Crippen LogP contribution is -2.58. The van der Waals surface area contributed by atoms with Crippen molar-refractivity contribution in [3.63, 3.8) is 0 Å². The molecule has 2 heterocycles. The molecule has 3 aromatic rings. The van der Waals surface area contributed by atoms with Crippen LogP contribution in [-0.2, 0) is 4.74 Å². The SMILES string of the molecule is CC1OC(Oc2ccc3c(=O)c(-c4ccc(O)cc4)coc3c2)C(O)C(O)C1O. The highest BCUT2D eigenvalue weighted by molar-refractivity contribution is 5.82. The van der Waals surface area contributed by atoms with E-state index in [1.54, 1.807) is 19.1 Å². The molecular weight excluding hydrogens is 380 g/mol. The van der Waals surface area contributed by atoms with E-state index in [-0.39, 0.29) is 22.5 Å². The number of aliphatic hydroxyl groups is 3. The molecule has 2 aromatic carbocycles. The van der Waals surface area contributed by atoms with Gasteiger partial charge >= 0.3 is 0 Å². The van der Waals surface area contributed by atoms with E-state index in [1.807, 2.05) is 0 Å². The minimum Gasteiger partial charge on any atom is -0.508 e. The molecule has 0 amide bonds. The number of aromatic hydroxyl groups is 1. The van der Waals surface area contributed by atoms with Crippen LogP contribution in [-0.4, -0.2) is 51.1 Å². The first-order valence-corrected chi connectivity index (χ1v) is 9.06. The molecule has 152 valence electrons. The van der Waals surface area contributed by atoms with Crippen molar-refractivity contribution in [2.45, 2.75) is 37.6 Å². The first-order valence-electron chi connectivity index (χ1n) is 9.06. The topological polar surface area (TPSA) is 130 Å². The second-order valence-corrected chi connectivity index (χ2v) is 6.98. The average molecular weight is 400 g/mol. The molecule has 0 bridgehead atoms. The predicted molar refractivity (Wildman–Crippen MR) is 103 cm³/mol. The van der Waals surface area contributed by atoms with Gasteiger partial charge in [-0.1, -0.05) is 12.1 Å². The van der Waals surface area contributed by atoms with Gasteiger partial charge in [0, 0.05) is 6.07 Å². The Balaban J connectivity index is 1.63. The minimum atomic E-state index is -1.44. The number of hydrogen-bond acceptors (Lipinski definition) is 8. The van der Waals surface area contributed by atoms with E-state index in [4.69, 9.17) is 13.9 Å². The van der Waals surface area contributed by atoms with Crippen molar-refractivity contribution in [3.05, 3.63) is 59.0 Å². The molecule has 29 heavy (non-hydrogen) atoms. The van der Waals surface area contributed by atoms with Crippen LogP contribution >= 0.6 is 0 Å². The van der Waals surface area contributed by atoms with Crippen LogP contribution in [0.2, 0.25) is 0 Å². The summed E-state index contributed by atoms with van der Waals surface area (Å²) in [5.41, 5.74) is 0.987. The van der Waals surface area contributed by atoms with Crippen LogP contribution in [0.25, 0.3) is 22.1 Å². The zero-order valence-electron chi connectivity index (χ0n) is 15.4. The Kier molecular flexibility index (Phi) is 5.01. The van der Waals surface area contributed by atoms with Gasteiger partial charge in [-0.05, 0) is 36.8 Å². The Morgan fingerprint density at radius 2 is 1.69 bits per heavy atom. The van der Waals surface area contributed by atoms with E-state index in [9.17, 15) is 25.2 Å². The maximum atomic E-state index is 12.8. The molecule has 1 aliphatic heterocycles. The molecule has 8 nitrogen and oxygen atoms in total. The van der Waals surface area contributed by atoms with Crippen molar-refractivity contribution in [1.29, 1.82) is 0 Å². The van der Waals surface area contributed by atoms with Gasteiger partial charge in [0.2, 0.25) is 6.29 Å². The third-order valence-corrected chi connectivity index (χ3v) is 4.99. The molecule has 4 N–H and O–H groups in total. The number of aliphatic hydroxyl groups excluding tert-OH is 3. The maximum absolute atomic E-state index is 12.8.